The third-order valence-electron chi connectivity index (χ3n) is 7.01. The number of carboxylic acids is 1. The van der Waals surface area contributed by atoms with Crippen molar-refractivity contribution in [1.29, 1.82) is 0 Å². The Morgan fingerprint density at radius 2 is 2.00 bits per heavy atom. The minimum atomic E-state index is -0.948. The van der Waals surface area contributed by atoms with Gasteiger partial charge in [-0.1, -0.05) is 35.3 Å². The molecule has 2 aliphatic heterocycles. The van der Waals surface area contributed by atoms with E-state index in [1.807, 2.05) is 18.2 Å². The van der Waals surface area contributed by atoms with Crippen LogP contribution in [0.4, 0.5) is 0 Å². The lowest BCUT2D eigenvalue weighted by molar-refractivity contribution is -0.0591. The van der Waals surface area contributed by atoms with Crippen molar-refractivity contribution < 1.29 is 19.4 Å². The lowest BCUT2D eigenvalue weighted by Crippen LogP contribution is -2.32. The lowest BCUT2D eigenvalue weighted by Gasteiger charge is -2.28. The number of ether oxygens (including phenoxy) is 2. The molecule has 1 N–H and O–H groups in total. The number of nitrogens with zero attached hydrogens (tertiary/aromatic N) is 4. The van der Waals surface area contributed by atoms with Crippen molar-refractivity contribution in [2.45, 2.75) is 32.2 Å². The highest BCUT2D eigenvalue weighted by atomic mass is 35.5. The van der Waals surface area contributed by atoms with E-state index in [0.717, 1.165) is 59.9 Å². The van der Waals surface area contributed by atoms with Gasteiger partial charge in [-0.2, -0.15) is 0 Å². The zero-order chi connectivity index (χ0) is 26.9. The first-order valence-electron chi connectivity index (χ1n) is 12.7. The highest BCUT2D eigenvalue weighted by molar-refractivity contribution is 6.35. The fourth-order valence-corrected chi connectivity index (χ4v) is 5.32. The molecule has 0 radical (unpaired) electrons. The SMILES string of the molecule is O=C(O)c1ccc2nc(CN3CC=C(c4cccc(COc5ccc(Cl)cc5Cl)n4)C3)n(CC3CCO3)c2c1. The van der Waals surface area contributed by atoms with E-state index in [2.05, 4.69) is 15.5 Å². The van der Waals surface area contributed by atoms with Gasteiger partial charge in [-0.25, -0.2) is 14.8 Å². The van der Waals surface area contributed by atoms with E-state index in [1.54, 1.807) is 36.4 Å². The number of aromatic nitrogens is 3. The summed E-state index contributed by atoms with van der Waals surface area (Å²) in [5, 5.41) is 10.5. The summed E-state index contributed by atoms with van der Waals surface area (Å²) in [5.74, 6) is 0.508. The van der Waals surface area contributed by atoms with E-state index in [4.69, 9.17) is 42.6 Å². The third kappa shape index (κ3) is 5.65. The van der Waals surface area contributed by atoms with Gasteiger partial charge in [0.2, 0.25) is 0 Å². The molecule has 6 rings (SSSR count). The number of halogens is 2. The molecule has 2 aromatic carbocycles. The number of carbonyl (C=O) groups is 1. The van der Waals surface area contributed by atoms with E-state index < -0.39 is 5.97 Å². The Kier molecular flexibility index (Phi) is 7.27. The number of hydrogen-bond acceptors (Lipinski definition) is 6. The first-order chi connectivity index (χ1) is 18.9. The molecule has 0 spiro atoms. The van der Waals surface area contributed by atoms with Gasteiger partial charge < -0.3 is 19.1 Å². The Balaban J connectivity index is 1.16. The molecule has 8 nitrogen and oxygen atoms in total. The zero-order valence-corrected chi connectivity index (χ0v) is 22.5. The summed E-state index contributed by atoms with van der Waals surface area (Å²) in [6.07, 6.45) is 3.30. The van der Waals surface area contributed by atoms with E-state index in [0.29, 0.717) is 28.9 Å². The summed E-state index contributed by atoms with van der Waals surface area (Å²) < 4.78 is 13.7. The van der Waals surface area contributed by atoms with Crippen LogP contribution in [0.2, 0.25) is 10.0 Å². The van der Waals surface area contributed by atoms with Crippen LogP contribution in [-0.2, 0) is 24.4 Å². The van der Waals surface area contributed by atoms with Crippen molar-refractivity contribution in [3.8, 4) is 5.75 Å². The molecule has 10 heteroatoms. The molecule has 1 unspecified atom stereocenters. The normalized spacial score (nSPS) is 17.3. The van der Waals surface area contributed by atoms with E-state index >= 15 is 0 Å². The number of hydrogen-bond donors (Lipinski definition) is 1. The van der Waals surface area contributed by atoms with Crippen LogP contribution < -0.4 is 4.74 Å². The minimum Gasteiger partial charge on any atom is -0.486 e. The fraction of sp³-hybridized carbons (Fsp3) is 0.276. The van der Waals surface area contributed by atoms with Crippen LogP contribution in [0, 0.1) is 0 Å². The van der Waals surface area contributed by atoms with E-state index in [9.17, 15) is 9.90 Å². The maximum Gasteiger partial charge on any atom is 0.335 e. The standard InChI is InChI=1S/C29H26Cl2N4O4/c30-20-5-7-27(23(31)13-20)39-17-21-2-1-3-24(32-21)19-8-10-34(14-19)16-28-33-25-6-4-18(29(36)37)12-26(25)35(28)15-22-9-11-38-22/h1-8,12-13,22H,9-11,14-17H2,(H,36,37). The summed E-state index contributed by atoms with van der Waals surface area (Å²) >= 11 is 12.2. The van der Waals surface area contributed by atoms with Gasteiger partial charge in [0.25, 0.3) is 0 Å². The Bertz CT molecular complexity index is 1580. The van der Waals surface area contributed by atoms with Crippen LogP contribution in [0.3, 0.4) is 0 Å². The van der Waals surface area contributed by atoms with E-state index in [1.165, 1.54) is 0 Å². The zero-order valence-electron chi connectivity index (χ0n) is 21.0. The number of fused-ring (bicyclic) bond motifs is 1. The number of imidazole rings is 1. The molecular formula is C29H26Cl2N4O4. The smallest absolute Gasteiger partial charge is 0.335 e. The van der Waals surface area contributed by atoms with Gasteiger partial charge in [-0.15, -0.1) is 0 Å². The second kappa shape index (κ2) is 11.0. The monoisotopic (exact) mass is 564 g/mol. The molecule has 4 aromatic rings. The second-order valence-electron chi connectivity index (χ2n) is 9.71. The van der Waals surface area contributed by atoms with Gasteiger partial charge in [0.15, 0.2) is 0 Å². The van der Waals surface area contributed by atoms with Crippen LogP contribution in [0.25, 0.3) is 16.6 Å². The Morgan fingerprint density at radius 3 is 2.77 bits per heavy atom. The summed E-state index contributed by atoms with van der Waals surface area (Å²) in [7, 11) is 0. The fourth-order valence-electron chi connectivity index (χ4n) is 4.86. The Hall–Kier alpha value is -3.43. The average Bonchev–Trinajstić information content (AvgIpc) is 3.50. The number of carboxylic acid groups (broad SMARTS) is 1. The van der Waals surface area contributed by atoms with Gasteiger partial charge >= 0.3 is 5.97 Å². The van der Waals surface area contributed by atoms with Gasteiger partial charge in [0.05, 0.1) is 52.2 Å². The molecule has 2 aromatic heterocycles. The topological polar surface area (TPSA) is 89.7 Å². The lowest BCUT2D eigenvalue weighted by atomic mass is 10.1. The molecule has 2 aliphatic rings. The average molecular weight is 565 g/mol. The second-order valence-corrected chi connectivity index (χ2v) is 10.5. The quantitative estimate of drug-likeness (QED) is 0.278. The van der Waals surface area contributed by atoms with Crippen LogP contribution in [0.1, 0.15) is 34.0 Å². The summed E-state index contributed by atoms with van der Waals surface area (Å²) in [4.78, 5) is 23.5. The van der Waals surface area contributed by atoms with Gasteiger partial charge in [-0.3, -0.25) is 4.90 Å². The van der Waals surface area contributed by atoms with Crippen molar-refractivity contribution in [2.24, 2.45) is 0 Å². The Labute approximate surface area is 235 Å². The predicted molar refractivity (Wildman–Crippen MR) is 149 cm³/mol. The van der Waals surface area contributed by atoms with E-state index in [-0.39, 0.29) is 18.3 Å². The molecule has 1 fully saturated rings. The molecule has 200 valence electrons. The molecule has 0 saturated carbocycles. The molecule has 0 amide bonds. The first kappa shape index (κ1) is 25.8. The largest absolute Gasteiger partial charge is 0.486 e. The molecule has 0 aliphatic carbocycles. The maximum atomic E-state index is 11.6. The van der Waals surface area contributed by atoms with Crippen molar-refractivity contribution in [2.75, 3.05) is 19.7 Å². The van der Waals surface area contributed by atoms with Gasteiger partial charge in [0, 0.05) is 24.7 Å². The van der Waals surface area contributed by atoms with Crippen LogP contribution in [0.5, 0.6) is 5.75 Å². The molecule has 39 heavy (non-hydrogen) atoms. The van der Waals surface area contributed by atoms with Gasteiger partial charge in [-0.05, 0) is 60.5 Å². The minimum absolute atomic E-state index is 0.124. The molecule has 1 atom stereocenters. The van der Waals surface area contributed by atoms with Crippen molar-refractivity contribution in [1.82, 2.24) is 19.4 Å². The first-order valence-corrected chi connectivity index (χ1v) is 13.5. The molecule has 0 bridgehead atoms. The van der Waals surface area contributed by atoms with Crippen LogP contribution in [0.15, 0.2) is 60.7 Å². The van der Waals surface area contributed by atoms with Crippen molar-refractivity contribution in [3.63, 3.8) is 0 Å². The van der Waals surface area contributed by atoms with Gasteiger partial charge in [0.1, 0.15) is 18.2 Å². The number of pyridine rings is 1. The number of benzene rings is 2. The molecule has 4 heterocycles. The maximum absolute atomic E-state index is 11.6. The highest BCUT2D eigenvalue weighted by Crippen LogP contribution is 2.29. The summed E-state index contributed by atoms with van der Waals surface area (Å²) in [5.41, 5.74) is 4.71. The summed E-state index contributed by atoms with van der Waals surface area (Å²) in [6, 6.07) is 16.1. The molecule has 1 saturated heterocycles. The van der Waals surface area contributed by atoms with Crippen LogP contribution >= 0.6 is 23.2 Å². The van der Waals surface area contributed by atoms with Crippen LogP contribution in [-0.4, -0.2) is 56.3 Å². The third-order valence-corrected chi connectivity index (χ3v) is 7.54. The number of aromatic carboxylic acids is 1. The van der Waals surface area contributed by atoms with Crippen molar-refractivity contribution >= 4 is 45.8 Å². The Morgan fingerprint density at radius 1 is 1.13 bits per heavy atom. The summed E-state index contributed by atoms with van der Waals surface area (Å²) in [6.45, 7) is 3.82. The number of rotatable bonds is 9. The van der Waals surface area contributed by atoms with Crippen molar-refractivity contribution in [3.05, 3.63) is 93.5 Å². The predicted octanol–water partition coefficient (Wildman–Crippen LogP) is 5.70. The highest BCUT2D eigenvalue weighted by Gasteiger charge is 2.25. The molecular weight excluding hydrogens is 539 g/mol.